The molecule has 4 nitrogen and oxygen atoms in total. The summed E-state index contributed by atoms with van der Waals surface area (Å²) in [7, 11) is 1.60. The highest BCUT2D eigenvalue weighted by atomic mass is 32.2. The molecule has 0 aliphatic carbocycles. The molecule has 1 N–H and O–H groups in total. The maximum atomic E-state index is 15.0. The number of carboxylic acid groups (broad SMARTS) is 1. The second-order valence-corrected chi connectivity index (χ2v) is 7.13. The molecule has 0 heterocycles. The van der Waals surface area contributed by atoms with Crippen molar-refractivity contribution < 1.29 is 23.8 Å². The van der Waals surface area contributed by atoms with E-state index in [0.717, 1.165) is 11.3 Å². The van der Waals surface area contributed by atoms with Crippen molar-refractivity contribution in [1.29, 1.82) is 0 Å². The number of hydrogen-bond acceptors (Lipinski definition) is 4. The summed E-state index contributed by atoms with van der Waals surface area (Å²) in [6.07, 6.45) is 0.391. The second-order valence-electron chi connectivity index (χ2n) is 6.00. The number of thioether (sulfide) groups is 1. The van der Waals surface area contributed by atoms with Gasteiger partial charge in [0.15, 0.2) is 11.6 Å². The monoisotopic (exact) mass is 378 g/mol. The van der Waals surface area contributed by atoms with Gasteiger partial charge in [-0.15, -0.1) is 11.8 Å². The van der Waals surface area contributed by atoms with Crippen LogP contribution in [0.4, 0.5) is 4.39 Å². The third-order valence-electron chi connectivity index (χ3n) is 3.61. The Morgan fingerprint density at radius 3 is 2.46 bits per heavy atom. The highest BCUT2D eigenvalue weighted by Crippen LogP contribution is 2.38. The highest BCUT2D eigenvalue weighted by molar-refractivity contribution is 7.99. The van der Waals surface area contributed by atoms with Gasteiger partial charge in [-0.3, -0.25) is 4.79 Å². The van der Waals surface area contributed by atoms with Gasteiger partial charge in [0.1, 0.15) is 5.75 Å². The van der Waals surface area contributed by atoms with Gasteiger partial charge in [0, 0.05) is 16.9 Å². The summed E-state index contributed by atoms with van der Waals surface area (Å²) in [4.78, 5) is 11.0. The topological polar surface area (TPSA) is 55.8 Å². The van der Waals surface area contributed by atoms with Gasteiger partial charge in [-0.1, -0.05) is 12.1 Å². The Balaban J connectivity index is 2.30. The fourth-order valence-electron chi connectivity index (χ4n) is 2.40. The van der Waals surface area contributed by atoms with E-state index in [-0.39, 0.29) is 18.3 Å². The molecule has 0 bridgehead atoms. The molecular formula is C20H23FO4S. The van der Waals surface area contributed by atoms with Crippen molar-refractivity contribution in [3.63, 3.8) is 0 Å². The molecule has 0 saturated carbocycles. The zero-order valence-electron chi connectivity index (χ0n) is 15.1. The van der Waals surface area contributed by atoms with Crippen LogP contribution in [0.5, 0.6) is 11.5 Å². The summed E-state index contributed by atoms with van der Waals surface area (Å²) in [5, 5.41) is 8.70. The van der Waals surface area contributed by atoms with E-state index in [0.29, 0.717) is 22.6 Å². The van der Waals surface area contributed by atoms with Gasteiger partial charge in [0.2, 0.25) is 0 Å². The molecule has 0 unspecified atom stereocenters. The van der Waals surface area contributed by atoms with Crippen LogP contribution in [0.3, 0.4) is 0 Å². The number of methoxy groups -OCH3 is 1. The largest absolute Gasteiger partial charge is 0.497 e. The molecular weight excluding hydrogens is 355 g/mol. The van der Waals surface area contributed by atoms with Gasteiger partial charge in [-0.05, 0) is 55.9 Å². The molecule has 0 aliphatic rings. The van der Waals surface area contributed by atoms with E-state index < -0.39 is 11.8 Å². The van der Waals surface area contributed by atoms with Gasteiger partial charge < -0.3 is 14.6 Å². The summed E-state index contributed by atoms with van der Waals surface area (Å²) in [5.74, 6) is 0.225. The maximum Gasteiger partial charge on any atom is 0.303 e. The van der Waals surface area contributed by atoms with Gasteiger partial charge in [0.25, 0.3) is 0 Å². The molecule has 6 heteroatoms. The molecule has 0 radical (unpaired) electrons. The summed E-state index contributed by atoms with van der Waals surface area (Å²) in [5.41, 5.74) is 1.51. The number of carboxylic acids is 1. The van der Waals surface area contributed by atoms with Crippen LogP contribution in [0.1, 0.15) is 26.7 Å². The van der Waals surface area contributed by atoms with Crippen molar-refractivity contribution in [2.45, 2.75) is 37.7 Å². The molecule has 0 fully saturated rings. The van der Waals surface area contributed by atoms with Crippen molar-refractivity contribution >= 4 is 17.7 Å². The Labute approximate surface area is 157 Å². The molecule has 0 saturated heterocycles. The number of halogens is 1. The summed E-state index contributed by atoms with van der Waals surface area (Å²) >= 11 is 1.30. The Morgan fingerprint density at radius 1 is 1.19 bits per heavy atom. The fourth-order valence-corrected chi connectivity index (χ4v) is 3.30. The molecule has 0 spiro atoms. The van der Waals surface area contributed by atoms with Crippen molar-refractivity contribution in [2.75, 3.05) is 12.9 Å². The molecule has 0 atom stereocenters. The number of rotatable bonds is 9. The van der Waals surface area contributed by atoms with E-state index in [2.05, 4.69) is 0 Å². The van der Waals surface area contributed by atoms with E-state index in [1.54, 1.807) is 13.2 Å². The summed E-state index contributed by atoms with van der Waals surface area (Å²) in [6, 6.07) is 10.9. The Bertz CT molecular complexity index is 744. The summed E-state index contributed by atoms with van der Waals surface area (Å²) in [6.45, 7) is 3.70. The predicted molar refractivity (Wildman–Crippen MR) is 102 cm³/mol. The van der Waals surface area contributed by atoms with E-state index in [4.69, 9.17) is 14.6 Å². The van der Waals surface area contributed by atoms with Crippen LogP contribution in [-0.2, 0) is 4.79 Å². The second kappa shape index (κ2) is 9.48. The number of carbonyl (C=O) groups is 1. The lowest BCUT2D eigenvalue weighted by Crippen LogP contribution is -2.08. The van der Waals surface area contributed by atoms with E-state index in [1.165, 1.54) is 11.8 Å². The van der Waals surface area contributed by atoms with Crippen LogP contribution < -0.4 is 9.47 Å². The van der Waals surface area contributed by atoms with Crippen molar-refractivity contribution in [3.05, 3.63) is 42.2 Å². The van der Waals surface area contributed by atoms with Crippen LogP contribution in [0.25, 0.3) is 11.1 Å². The standard InChI is InChI=1S/C20H23FO4S/c1-13(2)25-20-16(14-6-8-15(24-3)9-7-14)10-11-17(19(20)21)26-12-4-5-18(22)23/h6-11,13H,4-5,12H2,1-3H3,(H,22,23). The molecule has 2 aromatic rings. The first-order chi connectivity index (χ1) is 12.4. The average molecular weight is 378 g/mol. The van der Waals surface area contributed by atoms with Crippen LogP contribution in [0.2, 0.25) is 0 Å². The first kappa shape index (κ1) is 20.1. The highest BCUT2D eigenvalue weighted by Gasteiger charge is 2.18. The zero-order valence-corrected chi connectivity index (χ0v) is 15.9. The van der Waals surface area contributed by atoms with Gasteiger partial charge >= 0.3 is 5.97 Å². The summed E-state index contributed by atoms with van der Waals surface area (Å²) < 4.78 is 25.9. The van der Waals surface area contributed by atoms with Crippen molar-refractivity contribution in [2.24, 2.45) is 0 Å². The molecule has 0 aromatic heterocycles. The zero-order chi connectivity index (χ0) is 19.1. The molecule has 26 heavy (non-hydrogen) atoms. The quantitative estimate of drug-likeness (QED) is 0.477. The smallest absolute Gasteiger partial charge is 0.303 e. The lowest BCUT2D eigenvalue weighted by molar-refractivity contribution is -0.137. The lowest BCUT2D eigenvalue weighted by atomic mass is 10.0. The van der Waals surface area contributed by atoms with Gasteiger partial charge in [0.05, 0.1) is 13.2 Å². The maximum absolute atomic E-state index is 15.0. The Kier molecular flexibility index (Phi) is 7.33. The third kappa shape index (κ3) is 5.39. The fraction of sp³-hybridized carbons (Fsp3) is 0.350. The van der Waals surface area contributed by atoms with Crippen LogP contribution in [0, 0.1) is 5.82 Å². The molecule has 0 amide bonds. The van der Waals surface area contributed by atoms with Crippen LogP contribution in [-0.4, -0.2) is 30.0 Å². The van der Waals surface area contributed by atoms with E-state index >= 15 is 4.39 Å². The van der Waals surface area contributed by atoms with Gasteiger partial charge in [-0.2, -0.15) is 0 Å². The van der Waals surface area contributed by atoms with Crippen molar-refractivity contribution in [3.8, 4) is 22.6 Å². The lowest BCUT2D eigenvalue weighted by Gasteiger charge is -2.17. The third-order valence-corrected chi connectivity index (χ3v) is 4.73. The van der Waals surface area contributed by atoms with Gasteiger partial charge in [-0.25, -0.2) is 4.39 Å². The minimum Gasteiger partial charge on any atom is -0.497 e. The molecule has 2 rings (SSSR count). The van der Waals surface area contributed by atoms with E-state index in [1.807, 2.05) is 44.2 Å². The average Bonchev–Trinajstić information content (AvgIpc) is 2.61. The van der Waals surface area contributed by atoms with Crippen LogP contribution in [0.15, 0.2) is 41.3 Å². The first-order valence-corrected chi connectivity index (χ1v) is 9.39. The number of benzene rings is 2. The Hall–Kier alpha value is -2.21. The number of hydrogen-bond donors (Lipinski definition) is 1. The molecule has 2 aromatic carbocycles. The molecule has 140 valence electrons. The van der Waals surface area contributed by atoms with E-state index in [9.17, 15) is 4.79 Å². The SMILES string of the molecule is COc1ccc(-c2ccc(SCCCC(=O)O)c(F)c2OC(C)C)cc1. The Morgan fingerprint density at radius 2 is 1.88 bits per heavy atom. The van der Waals surface area contributed by atoms with Crippen LogP contribution >= 0.6 is 11.8 Å². The number of ether oxygens (including phenoxy) is 2. The minimum absolute atomic E-state index is 0.0773. The predicted octanol–water partition coefficient (Wildman–Crippen LogP) is 5.25. The normalized spacial score (nSPS) is 10.8. The first-order valence-electron chi connectivity index (χ1n) is 8.40. The molecule has 0 aliphatic heterocycles. The van der Waals surface area contributed by atoms with Crippen molar-refractivity contribution in [1.82, 2.24) is 0 Å². The number of aliphatic carboxylic acids is 1. The minimum atomic E-state index is -0.843.